The summed E-state index contributed by atoms with van der Waals surface area (Å²) in [7, 11) is 0. The highest BCUT2D eigenvalue weighted by Crippen LogP contribution is 2.32. The molecule has 1 nitrogen and oxygen atoms in total. The first kappa shape index (κ1) is 13.0. The summed E-state index contributed by atoms with van der Waals surface area (Å²) in [5.41, 5.74) is 3.40. The van der Waals surface area contributed by atoms with Crippen LogP contribution in [0.5, 0.6) is 0 Å². The Kier molecular flexibility index (Phi) is 3.79. The van der Waals surface area contributed by atoms with Gasteiger partial charge in [-0.2, -0.15) is 0 Å². The number of rotatable bonds is 4. The number of hydrogen-bond acceptors (Lipinski definition) is 1. The van der Waals surface area contributed by atoms with E-state index < -0.39 is 0 Å². The van der Waals surface area contributed by atoms with Crippen LogP contribution in [0.25, 0.3) is 11.1 Å². The van der Waals surface area contributed by atoms with Gasteiger partial charge < -0.3 is 5.32 Å². The van der Waals surface area contributed by atoms with Crippen molar-refractivity contribution in [3.05, 3.63) is 58.1 Å². The highest BCUT2D eigenvalue weighted by molar-refractivity contribution is 6.34. The van der Waals surface area contributed by atoms with Crippen molar-refractivity contribution in [1.29, 1.82) is 0 Å². The average molecular weight is 292 g/mol. The maximum atomic E-state index is 6.29. The second kappa shape index (κ2) is 5.54. The van der Waals surface area contributed by atoms with Gasteiger partial charge in [-0.3, -0.25) is 0 Å². The molecule has 2 aromatic rings. The van der Waals surface area contributed by atoms with E-state index in [9.17, 15) is 0 Å². The molecule has 0 heterocycles. The lowest BCUT2D eigenvalue weighted by molar-refractivity contribution is 0.689. The summed E-state index contributed by atoms with van der Waals surface area (Å²) < 4.78 is 0. The molecule has 0 unspecified atom stereocenters. The van der Waals surface area contributed by atoms with Crippen molar-refractivity contribution in [1.82, 2.24) is 5.32 Å². The molecule has 1 N–H and O–H groups in total. The highest BCUT2D eigenvalue weighted by atomic mass is 35.5. The second-order valence-electron chi connectivity index (χ2n) is 4.94. The van der Waals surface area contributed by atoms with Gasteiger partial charge >= 0.3 is 0 Å². The zero-order chi connectivity index (χ0) is 13.2. The molecule has 0 atom stereocenters. The molecule has 0 aliphatic heterocycles. The van der Waals surface area contributed by atoms with E-state index in [1.165, 1.54) is 18.4 Å². The molecule has 2 aromatic carbocycles. The van der Waals surface area contributed by atoms with E-state index in [2.05, 4.69) is 11.4 Å². The summed E-state index contributed by atoms with van der Waals surface area (Å²) in [6.07, 6.45) is 2.57. The van der Waals surface area contributed by atoms with Gasteiger partial charge in [0.2, 0.25) is 0 Å². The molecule has 1 saturated carbocycles. The van der Waals surface area contributed by atoms with Gasteiger partial charge in [-0.1, -0.05) is 47.5 Å². The lowest BCUT2D eigenvalue weighted by Crippen LogP contribution is -2.15. The molecule has 0 radical (unpaired) electrons. The third-order valence-corrected chi connectivity index (χ3v) is 3.96. The van der Waals surface area contributed by atoms with Crippen molar-refractivity contribution in [3.63, 3.8) is 0 Å². The SMILES string of the molecule is Clc1ccc(CNC2CC2)c(-c2ccccc2Cl)c1. The van der Waals surface area contributed by atoms with Gasteiger partial charge in [0.05, 0.1) is 0 Å². The fraction of sp³-hybridized carbons (Fsp3) is 0.250. The van der Waals surface area contributed by atoms with Gasteiger partial charge in [-0.05, 0) is 42.2 Å². The molecule has 19 heavy (non-hydrogen) atoms. The molecule has 0 amide bonds. The monoisotopic (exact) mass is 291 g/mol. The van der Waals surface area contributed by atoms with Crippen LogP contribution in [-0.4, -0.2) is 6.04 Å². The number of halogens is 2. The second-order valence-corrected chi connectivity index (χ2v) is 5.78. The Morgan fingerprint density at radius 1 is 1.00 bits per heavy atom. The van der Waals surface area contributed by atoms with E-state index in [0.717, 1.165) is 27.7 Å². The van der Waals surface area contributed by atoms with Crippen LogP contribution in [-0.2, 0) is 6.54 Å². The van der Waals surface area contributed by atoms with E-state index in [1.54, 1.807) is 0 Å². The molecule has 0 aromatic heterocycles. The summed E-state index contributed by atoms with van der Waals surface area (Å²) in [5.74, 6) is 0. The van der Waals surface area contributed by atoms with E-state index in [1.807, 2.05) is 36.4 Å². The topological polar surface area (TPSA) is 12.0 Å². The van der Waals surface area contributed by atoms with Crippen LogP contribution in [0.3, 0.4) is 0 Å². The van der Waals surface area contributed by atoms with Crippen molar-refractivity contribution >= 4 is 23.2 Å². The summed E-state index contributed by atoms with van der Waals surface area (Å²) in [5, 5.41) is 5.04. The minimum absolute atomic E-state index is 0.690. The van der Waals surface area contributed by atoms with Gasteiger partial charge in [0.15, 0.2) is 0 Å². The maximum Gasteiger partial charge on any atom is 0.0484 e. The molecular weight excluding hydrogens is 277 g/mol. The Hall–Kier alpha value is -1.02. The Morgan fingerprint density at radius 2 is 1.79 bits per heavy atom. The average Bonchev–Trinajstić information content (AvgIpc) is 3.22. The Labute approximate surface area is 123 Å². The maximum absolute atomic E-state index is 6.29. The summed E-state index contributed by atoms with van der Waals surface area (Å²) in [6.45, 7) is 0.863. The Bertz CT molecular complexity index is 591. The number of benzene rings is 2. The zero-order valence-corrected chi connectivity index (χ0v) is 12.0. The Morgan fingerprint density at radius 3 is 2.53 bits per heavy atom. The highest BCUT2D eigenvalue weighted by Gasteiger charge is 2.20. The summed E-state index contributed by atoms with van der Waals surface area (Å²) >= 11 is 12.4. The molecule has 1 aliphatic rings. The quantitative estimate of drug-likeness (QED) is 0.844. The van der Waals surface area contributed by atoms with Gasteiger partial charge in [0.25, 0.3) is 0 Å². The lowest BCUT2D eigenvalue weighted by Gasteiger charge is -2.12. The van der Waals surface area contributed by atoms with Gasteiger partial charge in [-0.25, -0.2) is 0 Å². The number of nitrogens with one attached hydrogen (secondary N) is 1. The third kappa shape index (κ3) is 3.11. The molecule has 1 fully saturated rings. The van der Waals surface area contributed by atoms with Crippen LogP contribution in [0.4, 0.5) is 0 Å². The molecule has 3 rings (SSSR count). The van der Waals surface area contributed by atoms with Gasteiger partial charge in [0, 0.05) is 28.2 Å². The molecule has 1 aliphatic carbocycles. The van der Waals surface area contributed by atoms with Crippen molar-refractivity contribution < 1.29 is 0 Å². The van der Waals surface area contributed by atoms with E-state index in [-0.39, 0.29) is 0 Å². The van der Waals surface area contributed by atoms with E-state index in [4.69, 9.17) is 23.2 Å². The van der Waals surface area contributed by atoms with Crippen LogP contribution in [0.2, 0.25) is 10.0 Å². The first-order valence-corrected chi connectivity index (χ1v) is 7.26. The lowest BCUT2D eigenvalue weighted by atomic mass is 9.99. The molecule has 0 spiro atoms. The van der Waals surface area contributed by atoms with Crippen LogP contribution >= 0.6 is 23.2 Å². The van der Waals surface area contributed by atoms with Crippen molar-refractivity contribution in [2.75, 3.05) is 0 Å². The fourth-order valence-electron chi connectivity index (χ4n) is 2.17. The predicted octanol–water partition coefficient (Wildman–Crippen LogP) is 4.91. The number of hydrogen-bond donors (Lipinski definition) is 1. The minimum Gasteiger partial charge on any atom is -0.310 e. The normalized spacial score (nSPS) is 14.6. The first-order chi connectivity index (χ1) is 9.24. The molecule has 98 valence electrons. The molecule has 3 heteroatoms. The predicted molar refractivity (Wildman–Crippen MR) is 81.8 cm³/mol. The first-order valence-electron chi connectivity index (χ1n) is 6.51. The smallest absolute Gasteiger partial charge is 0.0484 e. The largest absolute Gasteiger partial charge is 0.310 e. The van der Waals surface area contributed by atoms with Crippen LogP contribution < -0.4 is 5.32 Å². The van der Waals surface area contributed by atoms with Gasteiger partial charge in [-0.15, -0.1) is 0 Å². The van der Waals surface area contributed by atoms with Crippen LogP contribution in [0.15, 0.2) is 42.5 Å². The van der Waals surface area contributed by atoms with Crippen molar-refractivity contribution in [2.24, 2.45) is 0 Å². The summed E-state index contributed by atoms with van der Waals surface area (Å²) in [6, 6.07) is 14.6. The zero-order valence-electron chi connectivity index (χ0n) is 10.5. The van der Waals surface area contributed by atoms with Crippen molar-refractivity contribution in [3.8, 4) is 11.1 Å². The van der Waals surface area contributed by atoms with Crippen molar-refractivity contribution in [2.45, 2.75) is 25.4 Å². The third-order valence-electron chi connectivity index (χ3n) is 3.39. The molecule has 0 saturated heterocycles. The standard InChI is InChI=1S/C16H15Cl2N/c17-12-6-5-11(10-19-13-7-8-13)15(9-12)14-3-1-2-4-16(14)18/h1-6,9,13,19H,7-8,10H2. The fourth-order valence-corrected chi connectivity index (χ4v) is 2.58. The minimum atomic E-state index is 0.690. The van der Waals surface area contributed by atoms with E-state index in [0.29, 0.717) is 6.04 Å². The van der Waals surface area contributed by atoms with E-state index >= 15 is 0 Å². The van der Waals surface area contributed by atoms with Crippen LogP contribution in [0.1, 0.15) is 18.4 Å². The Balaban J connectivity index is 1.97. The summed E-state index contributed by atoms with van der Waals surface area (Å²) in [4.78, 5) is 0. The van der Waals surface area contributed by atoms with Gasteiger partial charge in [0.1, 0.15) is 0 Å². The molecule has 0 bridgehead atoms. The molecular formula is C16H15Cl2N. The van der Waals surface area contributed by atoms with Crippen LogP contribution in [0, 0.1) is 0 Å².